The van der Waals surface area contributed by atoms with Gasteiger partial charge in [-0.2, -0.15) is 18.2 Å². The Morgan fingerprint density at radius 1 is 1.12 bits per heavy atom. The maximum Gasteiger partial charge on any atom is 0.453 e. The standard InChI is InChI=1S/C21H22F3N5O3/c1-4-11-32-18(31)14-5-7-15(8-6-14)26-17(30)10-9-16-12(2)25-20-27-19(21(22,23)24)28-29(20)13(16)3/h5-8H,4,9-11H2,1-3H3,(H,26,30). The van der Waals surface area contributed by atoms with Gasteiger partial charge in [-0.25, -0.2) is 14.3 Å². The van der Waals surface area contributed by atoms with Crippen molar-refractivity contribution in [3.05, 3.63) is 52.6 Å². The molecule has 1 aromatic carbocycles. The first-order valence-corrected chi connectivity index (χ1v) is 9.97. The number of hydrogen-bond donors (Lipinski definition) is 1. The number of nitrogens with zero attached hydrogens (tertiary/aromatic N) is 4. The van der Waals surface area contributed by atoms with E-state index >= 15 is 0 Å². The van der Waals surface area contributed by atoms with E-state index in [0.717, 1.165) is 10.9 Å². The number of carbonyl (C=O) groups excluding carboxylic acids is 2. The van der Waals surface area contributed by atoms with Gasteiger partial charge in [0.25, 0.3) is 11.6 Å². The predicted molar refractivity (Wildman–Crippen MR) is 109 cm³/mol. The van der Waals surface area contributed by atoms with E-state index in [1.807, 2.05) is 6.92 Å². The second kappa shape index (κ2) is 9.33. The number of benzene rings is 1. The molecule has 0 fully saturated rings. The number of esters is 1. The fourth-order valence-corrected chi connectivity index (χ4v) is 3.12. The fraction of sp³-hybridized carbons (Fsp3) is 0.381. The number of alkyl halides is 3. The number of amides is 1. The van der Waals surface area contributed by atoms with E-state index in [-0.39, 0.29) is 24.5 Å². The van der Waals surface area contributed by atoms with Gasteiger partial charge in [-0.3, -0.25) is 4.79 Å². The molecule has 1 N–H and O–H groups in total. The Labute approximate surface area is 181 Å². The number of halogens is 3. The normalized spacial score (nSPS) is 11.6. The molecule has 2 heterocycles. The lowest BCUT2D eigenvalue weighted by Gasteiger charge is -2.11. The third-order valence-corrected chi connectivity index (χ3v) is 4.75. The second-order valence-electron chi connectivity index (χ2n) is 7.17. The number of anilines is 1. The minimum absolute atomic E-state index is 0.0794. The van der Waals surface area contributed by atoms with E-state index < -0.39 is 18.0 Å². The second-order valence-corrected chi connectivity index (χ2v) is 7.17. The SMILES string of the molecule is CCCOC(=O)c1ccc(NC(=O)CCc2c(C)nc3nc(C(F)(F)F)nn3c2C)cc1. The first-order valence-electron chi connectivity index (χ1n) is 9.97. The number of aryl methyl sites for hydroxylation is 2. The van der Waals surface area contributed by atoms with Crippen LogP contribution in [0.1, 0.15) is 52.9 Å². The van der Waals surface area contributed by atoms with Crippen molar-refractivity contribution in [2.75, 3.05) is 11.9 Å². The molecule has 0 bridgehead atoms. The van der Waals surface area contributed by atoms with Crippen molar-refractivity contribution >= 4 is 23.3 Å². The van der Waals surface area contributed by atoms with E-state index in [0.29, 0.717) is 34.8 Å². The number of hydrogen-bond acceptors (Lipinski definition) is 6. The topological polar surface area (TPSA) is 98.5 Å². The van der Waals surface area contributed by atoms with Crippen molar-refractivity contribution in [2.24, 2.45) is 0 Å². The highest BCUT2D eigenvalue weighted by molar-refractivity contribution is 5.93. The molecule has 0 unspecified atom stereocenters. The Balaban J connectivity index is 1.66. The summed E-state index contributed by atoms with van der Waals surface area (Å²) in [4.78, 5) is 31.7. The minimum Gasteiger partial charge on any atom is -0.462 e. The van der Waals surface area contributed by atoms with Crippen LogP contribution in [0.5, 0.6) is 0 Å². The van der Waals surface area contributed by atoms with Crippen LogP contribution in [0.3, 0.4) is 0 Å². The summed E-state index contributed by atoms with van der Waals surface area (Å²) in [5, 5.41) is 6.23. The van der Waals surface area contributed by atoms with Crippen molar-refractivity contribution in [2.45, 2.75) is 46.2 Å². The van der Waals surface area contributed by atoms with Crippen molar-refractivity contribution in [3.63, 3.8) is 0 Å². The zero-order valence-corrected chi connectivity index (χ0v) is 17.8. The molecule has 8 nitrogen and oxygen atoms in total. The van der Waals surface area contributed by atoms with Crippen molar-refractivity contribution in [1.82, 2.24) is 19.6 Å². The van der Waals surface area contributed by atoms with E-state index in [1.165, 1.54) is 0 Å². The summed E-state index contributed by atoms with van der Waals surface area (Å²) < 4.78 is 44.8. The summed E-state index contributed by atoms with van der Waals surface area (Å²) in [5.74, 6) is -2.12. The van der Waals surface area contributed by atoms with Gasteiger partial charge in [-0.15, -0.1) is 5.10 Å². The largest absolute Gasteiger partial charge is 0.462 e. The predicted octanol–water partition coefficient (Wildman–Crippen LogP) is 3.90. The van der Waals surface area contributed by atoms with Gasteiger partial charge in [0.1, 0.15) is 0 Å². The van der Waals surface area contributed by atoms with Gasteiger partial charge in [0.15, 0.2) is 0 Å². The zero-order valence-electron chi connectivity index (χ0n) is 17.8. The van der Waals surface area contributed by atoms with Crippen LogP contribution < -0.4 is 5.32 Å². The van der Waals surface area contributed by atoms with Crippen molar-refractivity contribution in [3.8, 4) is 0 Å². The number of carbonyl (C=O) groups is 2. The molecular formula is C21H22F3N5O3. The van der Waals surface area contributed by atoms with Crippen LogP contribution in [-0.2, 0) is 22.1 Å². The Bertz CT molecular complexity index is 1140. The molecule has 3 rings (SSSR count). The lowest BCUT2D eigenvalue weighted by atomic mass is 10.1. The van der Waals surface area contributed by atoms with Crippen LogP contribution in [0.15, 0.2) is 24.3 Å². The summed E-state index contributed by atoms with van der Waals surface area (Å²) in [7, 11) is 0. The molecule has 11 heteroatoms. The molecule has 0 saturated carbocycles. The van der Waals surface area contributed by atoms with Crippen LogP contribution in [0.4, 0.5) is 18.9 Å². The number of ether oxygens (including phenoxy) is 1. The first kappa shape index (κ1) is 23.2. The number of fused-ring (bicyclic) bond motifs is 1. The van der Waals surface area contributed by atoms with E-state index in [1.54, 1.807) is 38.1 Å². The Morgan fingerprint density at radius 2 is 1.81 bits per heavy atom. The zero-order chi connectivity index (χ0) is 23.5. The van der Waals surface area contributed by atoms with Gasteiger partial charge in [0, 0.05) is 23.5 Å². The maximum atomic E-state index is 12.9. The first-order chi connectivity index (χ1) is 15.1. The summed E-state index contributed by atoms with van der Waals surface area (Å²) >= 11 is 0. The molecule has 170 valence electrons. The highest BCUT2D eigenvalue weighted by atomic mass is 19.4. The molecule has 0 atom stereocenters. The monoisotopic (exact) mass is 449 g/mol. The van der Waals surface area contributed by atoms with Crippen LogP contribution in [0.2, 0.25) is 0 Å². The number of rotatable bonds is 7. The van der Waals surface area contributed by atoms with Crippen molar-refractivity contribution < 1.29 is 27.5 Å². The van der Waals surface area contributed by atoms with Crippen LogP contribution >= 0.6 is 0 Å². The number of aromatic nitrogens is 4. The molecule has 0 saturated heterocycles. The molecule has 1 amide bonds. The van der Waals surface area contributed by atoms with E-state index in [9.17, 15) is 22.8 Å². The number of nitrogens with one attached hydrogen (secondary N) is 1. The van der Waals surface area contributed by atoms with Gasteiger partial charge < -0.3 is 10.1 Å². The Kier molecular flexibility index (Phi) is 6.75. The van der Waals surface area contributed by atoms with Crippen LogP contribution in [0, 0.1) is 13.8 Å². The molecule has 32 heavy (non-hydrogen) atoms. The van der Waals surface area contributed by atoms with Crippen LogP contribution in [0.25, 0.3) is 5.78 Å². The molecular weight excluding hydrogens is 427 g/mol. The maximum absolute atomic E-state index is 12.9. The third-order valence-electron chi connectivity index (χ3n) is 4.75. The van der Waals surface area contributed by atoms with E-state index in [4.69, 9.17) is 4.74 Å². The van der Waals surface area contributed by atoms with E-state index in [2.05, 4.69) is 20.4 Å². The quantitative estimate of drug-likeness (QED) is 0.550. The summed E-state index contributed by atoms with van der Waals surface area (Å²) in [6, 6.07) is 6.31. The molecule has 0 spiro atoms. The smallest absolute Gasteiger partial charge is 0.453 e. The highest BCUT2D eigenvalue weighted by Gasteiger charge is 2.37. The summed E-state index contributed by atoms with van der Waals surface area (Å²) in [6.07, 6.45) is -3.61. The molecule has 0 aliphatic rings. The molecule has 2 aromatic heterocycles. The van der Waals surface area contributed by atoms with Gasteiger partial charge in [-0.05, 0) is 56.5 Å². The third kappa shape index (κ3) is 5.21. The minimum atomic E-state index is -4.67. The Hall–Kier alpha value is -3.50. The van der Waals surface area contributed by atoms with Crippen LogP contribution in [-0.4, -0.2) is 38.1 Å². The molecule has 0 aliphatic heterocycles. The summed E-state index contributed by atoms with van der Waals surface area (Å²) in [6.45, 7) is 5.50. The van der Waals surface area contributed by atoms with Crippen molar-refractivity contribution in [1.29, 1.82) is 0 Å². The Morgan fingerprint density at radius 3 is 2.44 bits per heavy atom. The molecule has 3 aromatic rings. The fourth-order valence-electron chi connectivity index (χ4n) is 3.12. The lowest BCUT2D eigenvalue weighted by molar-refractivity contribution is -0.144. The average Bonchev–Trinajstić information content (AvgIpc) is 3.17. The van der Waals surface area contributed by atoms with Gasteiger partial charge in [0.2, 0.25) is 5.91 Å². The lowest BCUT2D eigenvalue weighted by Crippen LogP contribution is -2.14. The highest BCUT2D eigenvalue weighted by Crippen LogP contribution is 2.27. The molecule has 0 radical (unpaired) electrons. The van der Waals surface area contributed by atoms with Gasteiger partial charge in [0.05, 0.1) is 12.2 Å². The molecule has 0 aliphatic carbocycles. The van der Waals surface area contributed by atoms with Gasteiger partial charge in [-0.1, -0.05) is 6.92 Å². The van der Waals surface area contributed by atoms with Gasteiger partial charge >= 0.3 is 12.1 Å². The summed E-state index contributed by atoms with van der Waals surface area (Å²) in [5.41, 5.74) is 2.45. The average molecular weight is 449 g/mol.